The van der Waals surface area contributed by atoms with Crippen molar-refractivity contribution in [2.45, 2.75) is 32.1 Å². The van der Waals surface area contributed by atoms with Crippen LogP contribution in [0.3, 0.4) is 0 Å². The largest absolute Gasteiger partial charge is 0.466 e. The minimum atomic E-state index is -0.899. The van der Waals surface area contributed by atoms with Gasteiger partial charge in [0.1, 0.15) is 0 Å². The molecule has 1 aliphatic heterocycles. The van der Waals surface area contributed by atoms with Crippen LogP contribution < -0.4 is 5.73 Å². The number of esters is 1. The molecule has 1 aromatic rings. The van der Waals surface area contributed by atoms with Gasteiger partial charge in [0.15, 0.2) is 17.3 Å². The standard InChI is InChI=1S/C16H22F2N4O2/c1-2-24-16(23)12(7-8-19)11-5-6-13(17)15(14(11)18)20-21-22-9-3-4-10-22/h5-6,12H,2-4,7-10,19H2,1H3. The van der Waals surface area contributed by atoms with Crippen LogP contribution in [0.1, 0.15) is 37.7 Å². The second-order valence-corrected chi connectivity index (χ2v) is 5.53. The van der Waals surface area contributed by atoms with Crippen molar-refractivity contribution in [3.63, 3.8) is 0 Å². The molecular weight excluding hydrogens is 318 g/mol. The zero-order valence-electron chi connectivity index (χ0n) is 13.7. The Morgan fingerprint density at radius 2 is 2.08 bits per heavy atom. The molecule has 0 spiro atoms. The Balaban J connectivity index is 2.32. The molecule has 1 heterocycles. The molecule has 0 aliphatic carbocycles. The second kappa shape index (κ2) is 8.68. The van der Waals surface area contributed by atoms with E-state index in [-0.39, 0.29) is 25.1 Å². The molecule has 0 bridgehead atoms. The molecule has 0 radical (unpaired) electrons. The van der Waals surface area contributed by atoms with Crippen LogP contribution in [-0.4, -0.2) is 37.2 Å². The number of carbonyl (C=O) groups is 1. The molecule has 0 saturated carbocycles. The number of nitrogens with two attached hydrogens (primary N) is 1. The highest BCUT2D eigenvalue weighted by molar-refractivity contribution is 5.78. The molecule has 6 nitrogen and oxygen atoms in total. The average Bonchev–Trinajstić information content (AvgIpc) is 3.07. The summed E-state index contributed by atoms with van der Waals surface area (Å²) in [7, 11) is 0. The van der Waals surface area contributed by atoms with Crippen molar-refractivity contribution >= 4 is 11.7 Å². The minimum Gasteiger partial charge on any atom is -0.466 e. The normalized spacial score (nSPS) is 15.9. The van der Waals surface area contributed by atoms with Crippen molar-refractivity contribution in [3.8, 4) is 0 Å². The smallest absolute Gasteiger partial charge is 0.313 e. The Bertz CT molecular complexity index is 604. The highest BCUT2D eigenvalue weighted by Gasteiger charge is 2.27. The highest BCUT2D eigenvalue weighted by atomic mass is 19.1. The molecular formula is C16H22F2N4O2. The van der Waals surface area contributed by atoms with Crippen LogP contribution >= 0.6 is 0 Å². The lowest BCUT2D eigenvalue weighted by Crippen LogP contribution is -2.20. The van der Waals surface area contributed by atoms with Crippen LogP contribution in [0.5, 0.6) is 0 Å². The fourth-order valence-corrected chi connectivity index (χ4v) is 2.63. The summed E-state index contributed by atoms with van der Waals surface area (Å²) in [6.45, 7) is 3.43. The molecule has 2 N–H and O–H groups in total. The van der Waals surface area contributed by atoms with Gasteiger partial charge in [-0.2, -0.15) is 0 Å². The summed E-state index contributed by atoms with van der Waals surface area (Å²) >= 11 is 0. The van der Waals surface area contributed by atoms with Crippen LogP contribution in [0.25, 0.3) is 0 Å². The van der Waals surface area contributed by atoms with Gasteiger partial charge in [0.05, 0.1) is 12.5 Å². The van der Waals surface area contributed by atoms with Crippen molar-refractivity contribution < 1.29 is 18.3 Å². The summed E-state index contributed by atoms with van der Waals surface area (Å²) in [5.74, 6) is -3.20. The van der Waals surface area contributed by atoms with Crippen LogP contribution in [0.2, 0.25) is 0 Å². The van der Waals surface area contributed by atoms with Crippen molar-refractivity contribution in [1.82, 2.24) is 5.01 Å². The first-order valence-electron chi connectivity index (χ1n) is 8.09. The monoisotopic (exact) mass is 340 g/mol. The van der Waals surface area contributed by atoms with Gasteiger partial charge in [0, 0.05) is 18.7 Å². The molecule has 1 atom stereocenters. The van der Waals surface area contributed by atoms with Crippen LogP contribution in [0.4, 0.5) is 14.5 Å². The van der Waals surface area contributed by atoms with E-state index < -0.39 is 29.2 Å². The first-order chi connectivity index (χ1) is 11.6. The van der Waals surface area contributed by atoms with Gasteiger partial charge >= 0.3 is 5.97 Å². The Hall–Kier alpha value is -2.09. The van der Waals surface area contributed by atoms with E-state index in [4.69, 9.17) is 10.5 Å². The maximum absolute atomic E-state index is 14.7. The first-order valence-corrected chi connectivity index (χ1v) is 8.09. The number of hydrogen-bond donors (Lipinski definition) is 1. The van der Waals surface area contributed by atoms with Crippen molar-refractivity contribution in [2.24, 2.45) is 16.1 Å². The molecule has 8 heteroatoms. The molecule has 1 unspecified atom stereocenters. The van der Waals surface area contributed by atoms with E-state index in [1.807, 2.05) is 0 Å². The Morgan fingerprint density at radius 1 is 1.38 bits per heavy atom. The van der Waals surface area contributed by atoms with E-state index in [0.29, 0.717) is 13.1 Å². The molecule has 1 aromatic carbocycles. The number of nitrogens with zero attached hydrogens (tertiary/aromatic N) is 3. The molecule has 2 rings (SSSR count). The van der Waals surface area contributed by atoms with E-state index in [2.05, 4.69) is 10.3 Å². The lowest BCUT2D eigenvalue weighted by atomic mass is 9.94. The molecule has 1 aliphatic rings. The molecule has 24 heavy (non-hydrogen) atoms. The lowest BCUT2D eigenvalue weighted by Gasteiger charge is -2.16. The van der Waals surface area contributed by atoms with Gasteiger partial charge in [-0.05, 0) is 38.8 Å². The quantitative estimate of drug-likeness (QED) is 0.611. The SMILES string of the molecule is CCOC(=O)C(CCN)c1ccc(F)c(N=NN2CCCC2)c1F. The van der Waals surface area contributed by atoms with Gasteiger partial charge in [0.2, 0.25) is 0 Å². The van der Waals surface area contributed by atoms with Crippen molar-refractivity contribution in [2.75, 3.05) is 26.2 Å². The number of benzene rings is 1. The van der Waals surface area contributed by atoms with Gasteiger partial charge < -0.3 is 10.5 Å². The summed E-state index contributed by atoms with van der Waals surface area (Å²) < 4.78 is 33.6. The number of hydrogen-bond acceptors (Lipinski definition) is 5. The summed E-state index contributed by atoms with van der Waals surface area (Å²) in [6, 6.07) is 2.32. The van der Waals surface area contributed by atoms with Crippen molar-refractivity contribution in [1.29, 1.82) is 0 Å². The molecule has 132 valence electrons. The Morgan fingerprint density at radius 3 is 2.71 bits per heavy atom. The number of halogens is 2. The third-order valence-corrected chi connectivity index (χ3v) is 3.85. The Kier molecular flexibility index (Phi) is 6.60. The van der Waals surface area contributed by atoms with E-state index in [9.17, 15) is 13.6 Å². The molecule has 1 fully saturated rings. The topological polar surface area (TPSA) is 80.3 Å². The zero-order chi connectivity index (χ0) is 17.5. The number of ether oxygens (including phenoxy) is 1. The summed E-state index contributed by atoms with van der Waals surface area (Å²) in [5.41, 5.74) is 5.04. The van der Waals surface area contributed by atoms with E-state index in [1.54, 1.807) is 11.9 Å². The van der Waals surface area contributed by atoms with Crippen LogP contribution in [0, 0.1) is 11.6 Å². The first kappa shape index (κ1) is 18.3. The van der Waals surface area contributed by atoms with Gasteiger partial charge in [-0.3, -0.25) is 9.80 Å². The number of carbonyl (C=O) groups excluding carboxylic acids is 1. The third kappa shape index (κ3) is 4.25. The van der Waals surface area contributed by atoms with Crippen LogP contribution in [-0.2, 0) is 9.53 Å². The summed E-state index contributed by atoms with van der Waals surface area (Å²) in [5, 5.41) is 9.25. The maximum atomic E-state index is 14.7. The van der Waals surface area contributed by atoms with E-state index in [1.165, 1.54) is 6.07 Å². The fraction of sp³-hybridized carbons (Fsp3) is 0.562. The molecule has 0 amide bonds. The number of rotatable bonds is 7. The van der Waals surface area contributed by atoms with Crippen LogP contribution in [0.15, 0.2) is 22.5 Å². The van der Waals surface area contributed by atoms with Gasteiger partial charge in [-0.1, -0.05) is 11.3 Å². The van der Waals surface area contributed by atoms with Gasteiger partial charge in [-0.15, -0.1) is 5.11 Å². The summed E-state index contributed by atoms with van der Waals surface area (Å²) in [6.07, 6.45) is 2.15. The summed E-state index contributed by atoms with van der Waals surface area (Å²) in [4.78, 5) is 12.0. The maximum Gasteiger partial charge on any atom is 0.313 e. The second-order valence-electron chi connectivity index (χ2n) is 5.53. The third-order valence-electron chi connectivity index (χ3n) is 3.85. The fourth-order valence-electron chi connectivity index (χ4n) is 2.63. The Labute approximate surface area is 139 Å². The van der Waals surface area contributed by atoms with Crippen molar-refractivity contribution in [3.05, 3.63) is 29.3 Å². The minimum absolute atomic E-state index is 0.0238. The average molecular weight is 340 g/mol. The van der Waals surface area contributed by atoms with E-state index >= 15 is 0 Å². The predicted molar refractivity (Wildman–Crippen MR) is 84.7 cm³/mol. The van der Waals surface area contributed by atoms with E-state index in [0.717, 1.165) is 18.9 Å². The predicted octanol–water partition coefficient (Wildman–Crippen LogP) is 3.05. The lowest BCUT2D eigenvalue weighted by molar-refractivity contribution is -0.145. The molecule has 0 aromatic heterocycles. The van der Waals surface area contributed by atoms with Gasteiger partial charge in [0.25, 0.3) is 0 Å². The zero-order valence-corrected chi connectivity index (χ0v) is 13.7. The highest BCUT2D eigenvalue weighted by Crippen LogP contribution is 2.32. The van der Waals surface area contributed by atoms with Gasteiger partial charge in [-0.25, -0.2) is 8.78 Å². The molecule has 1 saturated heterocycles.